The Hall–Kier alpha value is -2.11. The summed E-state index contributed by atoms with van der Waals surface area (Å²) in [6.07, 6.45) is 7.54. The van der Waals surface area contributed by atoms with E-state index < -0.39 is 0 Å². The first-order valence-corrected chi connectivity index (χ1v) is 9.09. The number of hydrogen-bond acceptors (Lipinski definition) is 4. The maximum Gasteiger partial charge on any atom is 0.127 e. The highest BCUT2D eigenvalue weighted by molar-refractivity contribution is 5.62. The van der Waals surface area contributed by atoms with E-state index in [2.05, 4.69) is 35.7 Å². The number of nitrogens with zero attached hydrogens (tertiary/aromatic N) is 2. The zero-order valence-electron chi connectivity index (χ0n) is 14.6. The number of aromatic nitrogens is 2. The van der Waals surface area contributed by atoms with E-state index in [9.17, 15) is 0 Å². The molecule has 2 aromatic rings. The molecular weight excluding hydrogens is 314 g/mol. The lowest BCUT2D eigenvalue weighted by molar-refractivity contribution is 0.0906. The predicted molar refractivity (Wildman–Crippen MR) is 97.5 cm³/mol. The molecule has 2 atom stereocenters. The highest BCUT2D eigenvalue weighted by atomic mass is 16.5. The highest BCUT2D eigenvalue weighted by Gasteiger charge is 2.30. The molecule has 1 fully saturated rings. The van der Waals surface area contributed by atoms with Gasteiger partial charge in [-0.25, -0.2) is 0 Å². The molecule has 0 bridgehead atoms. The lowest BCUT2D eigenvalue weighted by atomic mass is 9.97. The van der Waals surface area contributed by atoms with Crippen molar-refractivity contribution in [1.29, 1.82) is 0 Å². The molecule has 0 saturated carbocycles. The van der Waals surface area contributed by atoms with Crippen LogP contribution in [0.3, 0.4) is 0 Å². The summed E-state index contributed by atoms with van der Waals surface area (Å²) in [4.78, 5) is 0. The lowest BCUT2D eigenvalue weighted by Crippen LogP contribution is -2.28. The minimum atomic E-state index is 0.158. The number of ether oxygens (including phenoxy) is 2. The van der Waals surface area contributed by atoms with Crippen molar-refractivity contribution in [3.63, 3.8) is 0 Å². The minimum Gasteiger partial charge on any atom is -0.489 e. The summed E-state index contributed by atoms with van der Waals surface area (Å²) in [7, 11) is 0. The zero-order valence-corrected chi connectivity index (χ0v) is 14.6. The van der Waals surface area contributed by atoms with Crippen LogP contribution in [0, 0.1) is 5.92 Å². The van der Waals surface area contributed by atoms with Crippen molar-refractivity contribution in [2.45, 2.75) is 26.0 Å². The van der Waals surface area contributed by atoms with Crippen LogP contribution in [0.15, 0.2) is 42.2 Å². The Balaban J connectivity index is 1.33. The number of nitrogens with one attached hydrogen (secondary N) is 1. The van der Waals surface area contributed by atoms with Gasteiger partial charge in [0.1, 0.15) is 12.4 Å². The summed E-state index contributed by atoms with van der Waals surface area (Å²) in [6.45, 7) is 6.28. The third-order valence-electron chi connectivity index (χ3n) is 4.97. The quantitative estimate of drug-likeness (QED) is 0.879. The van der Waals surface area contributed by atoms with Crippen LogP contribution in [0.5, 0.6) is 5.75 Å². The molecule has 0 spiro atoms. The van der Waals surface area contributed by atoms with Crippen molar-refractivity contribution in [2.24, 2.45) is 5.92 Å². The fraction of sp³-hybridized carbons (Fsp3) is 0.450. The van der Waals surface area contributed by atoms with Gasteiger partial charge in [-0.3, -0.25) is 4.68 Å². The largest absolute Gasteiger partial charge is 0.489 e. The number of rotatable bonds is 6. The molecule has 2 aliphatic heterocycles. The van der Waals surface area contributed by atoms with Gasteiger partial charge in [0.15, 0.2) is 0 Å². The van der Waals surface area contributed by atoms with Gasteiger partial charge in [0.25, 0.3) is 0 Å². The molecular formula is C20H25N3O2. The van der Waals surface area contributed by atoms with Crippen LogP contribution in [0.25, 0.3) is 6.08 Å². The summed E-state index contributed by atoms with van der Waals surface area (Å²) < 4.78 is 13.7. The fourth-order valence-electron chi connectivity index (χ4n) is 3.59. The van der Waals surface area contributed by atoms with E-state index in [0.717, 1.165) is 38.4 Å². The van der Waals surface area contributed by atoms with Gasteiger partial charge in [0.2, 0.25) is 0 Å². The van der Waals surface area contributed by atoms with Crippen LogP contribution in [0.4, 0.5) is 0 Å². The molecule has 0 amide bonds. The van der Waals surface area contributed by atoms with Crippen LogP contribution in [0.1, 0.15) is 30.6 Å². The summed E-state index contributed by atoms with van der Waals surface area (Å²) in [5, 5.41) is 7.97. The average Bonchev–Trinajstić information content (AvgIpc) is 3.30. The SMILES string of the molecule is CCn1cc([C@@H]2OCC[C@@H]2CNCC2=Cc3ccccc3OC2)cn1. The van der Waals surface area contributed by atoms with Crippen molar-refractivity contribution in [3.05, 3.63) is 53.4 Å². The number of aryl methyl sites for hydroxylation is 1. The fourth-order valence-corrected chi connectivity index (χ4v) is 3.59. The van der Waals surface area contributed by atoms with E-state index in [-0.39, 0.29) is 6.10 Å². The zero-order chi connectivity index (χ0) is 17.1. The summed E-state index contributed by atoms with van der Waals surface area (Å²) in [5.74, 6) is 1.47. The van der Waals surface area contributed by atoms with Crippen molar-refractivity contribution in [1.82, 2.24) is 15.1 Å². The van der Waals surface area contributed by atoms with Crippen LogP contribution in [0.2, 0.25) is 0 Å². The van der Waals surface area contributed by atoms with Crippen LogP contribution >= 0.6 is 0 Å². The monoisotopic (exact) mass is 339 g/mol. The second-order valence-electron chi connectivity index (χ2n) is 6.73. The van der Waals surface area contributed by atoms with Crippen molar-refractivity contribution in [2.75, 3.05) is 26.3 Å². The molecule has 1 aromatic carbocycles. The molecule has 1 N–H and O–H groups in total. The van der Waals surface area contributed by atoms with E-state index in [1.165, 1.54) is 16.7 Å². The Bertz CT molecular complexity index is 753. The first-order chi connectivity index (χ1) is 12.3. The van der Waals surface area contributed by atoms with E-state index in [1.54, 1.807) is 0 Å². The first kappa shape index (κ1) is 16.4. The van der Waals surface area contributed by atoms with Gasteiger partial charge in [-0.2, -0.15) is 5.10 Å². The van der Waals surface area contributed by atoms with Gasteiger partial charge in [0.05, 0.1) is 12.3 Å². The Morgan fingerprint density at radius 2 is 2.24 bits per heavy atom. The maximum atomic E-state index is 5.97. The molecule has 4 rings (SSSR count). The van der Waals surface area contributed by atoms with Gasteiger partial charge < -0.3 is 14.8 Å². The number of fused-ring (bicyclic) bond motifs is 1. The molecule has 1 aromatic heterocycles. The molecule has 0 aliphatic carbocycles. The standard InChI is InChI=1S/C20H25N3O2/c1-2-23-13-18(12-22-23)20-17(7-8-24-20)11-21-10-15-9-16-5-3-4-6-19(16)25-14-15/h3-6,9,12-13,17,20-21H,2,7-8,10-11,14H2,1H3/t17-,20-/m1/s1. The average molecular weight is 339 g/mol. The number of para-hydroxylation sites is 1. The van der Waals surface area contributed by atoms with Crippen LogP contribution in [-0.4, -0.2) is 36.1 Å². The van der Waals surface area contributed by atoms with Crippen molar-refractivity contribution in [3.8, 4) is 5.75 Å². The third kappa shape index (κ3) is 3.62. The van der Waals surface area contributed by atoms with Crippen LogP contribution in [-0.2, 0) is 11.3 Å². The predicted octanol–water partition coefficient (Wildman–Crippen LogP) is 3.05. The molecule has 3 heterocycles. The van der Waals surface area contributed by atoms with Gasteiger partial charge in [0, 0.05) is 49.5 Å². The van der Waals surface area contributed by atoms with Crippen molar-refractivity contribution >= 4 is 6.08 Å². The van der Waals surface area contributed by atoms with E-state index in [0.29, 0.717) is 12.5 Å². The van der Waals surface area contributed by atoms with E-state index >= 15 is 0 Å². The maximum absolute atomic E-state index is 5.97. The van der Waals surface area contributed by atoms with E-state index in [4.69, 9.17) is 9.47 Å². The molecule has 5 nitrogen and oxygen atoms in total. The van der Waals surface area contributed by atoms with Crippen molar-refractivity contribution < 1.29 is 9.47 Å². The highest BCUT2D eigenvalue weighted by Crippen LogP contribution is 2.34. The minimum absolute atomic E-state index is 0.158. The van der Waals surface area contributed by atoms with Gasteiger partial charge in [-0.1, -0.05) is 18.2 Å². The molecule has 0 radical (unpaired) electrons. The molecule has 5 heteroatoms. The summed E-state index contributed by atoms with van der Waals surface area (Å²) in [5.41, 5.74) is 3.65. The first-order valence-electron chi connectivity index (χ1n) is 9.09. The Kier molecular flexibility index (Phi) is 4.85. The molecule has 2 aliphatic rings. The second kappa shape index (κ2) is 7.42. The Morgan fingerprint density at radius 3 is 3.12 bits per heavy atom. The van der Waals surface area contributed by atoms with Gasteiger partial charge in [-0.15, -0.1) is 0 Å². The van der Waals surface area contributed by atoms with Gasteiger partial charge in [-0.05, 0) is 31.1 Å². The molecule has 1 saturated heterocycles. The smallest absolute Gasteiger partial charge is 0.127 e. The van der Waals surface area contributed by atoms with Crippen LogP contribution < -0.4 is 10.1 Å². The van der Waals surface area contributed by atoms with E-state index in [1.807, 2.05) is 29.1 Å². The molecule has 132 valence electrons. The summed E-state index contributed by atoms with van der Waals surface area (Å²) >= 11 is 0. The Morgan fingerprint density at radius 1 is 1.32 bits per heavy atom. The number of hydrogen-bond donors (Lipinski definition) is 1. The third-order valence-corrected chi connectivity index (χ3v) is 4.97. The molecule has 25 heavy (non-hydrogen) atoms. The second-order valence-corrected chi connectivity index (χ2v) is 6.73. The Labute approximate surface area is 148 Å². The topological polar surface area (TPSA) is 48.3 Å². The summed E-state index contributed by atoms with van der Waals surface area (Å²) in [6, 6.07) is 8.18. The lowest BCUT2D eigenvalue weighted by Gasteiger charge is -2.21. The number of benzene rings is 1. The normalized spacial score (nSPS) is 22.4. The van der Waals surface area contributed by atoms with Gasteiger partial charge >= 0.3 is 0 Å². The molecule has 0 unspecified atom stereocenters.